The van der Waals surface area contributed by atoms with E-state index < -0.39 is 11.4 Å². The first-order valence-electron chi connectivity index (χ1n) is 6.10. The van der Waals surface area contributed by atoms with E-state index in [9.17, 15) is 9.90 Å². The van der Waals surface area contributed by atoms with E-state index in [1.165, 1.54) is 0 Å². The standard InChI is InChI=1S/C14H18O4/c1-17-11-6-5-10(9-12(11)18-2)14(13(15)16)7-3-4-8-14/h5-6,9H,3-4,7-8H2,1-2H3,(H,15,16). The predicted octanol–water partition coefficient (Wildman–Crippen LogP) is 2.60. The molecule has 0 heterocycles. The second kappa shape index (κ2) is 4.88. The summed E-state index contributed by atoms with van der Waals surface area (Å²) in [4.78, 5) is 11.6. The summed E-state index contributed by atoms with van der Waals surface area (Å²) in [6.45, 7) is 0. The van der Waals surface area contributed by atoms with E-state index in [2.05, 4.69) is 0 Å². The molecule has 4 nitrogen and oxygen atoms in total. The van der Waals surface area contributed by atoms with Crippen molar-refractivity contribution >= 4 is 5.97 Å². The Bertz CT molecular complexity index is 447. The normalized spacial score (nSPS) is 17.4. The summed E-state index contributed by atoms with van der Waals surface area (Å²) in [6.07, 6.45) is 3.30. The van der Waals surface area contributed by atoms with Gasteiger partial charge >= 0.3 is 5.97 Å². The van der Waals surface area contributed by atoms with Gasteiger partial charge in [-0.15, -0.1) is 0 Å². The minimum absolute atomic E-state index is 0.586. The Labute approximate surface area is 107 Å². The topological polar surface area (TPSA) is 55.8 Å². The van der Waals surface area contributed by atoms with Gasteiger partial charge < -0.3 is 14.6 Å². The van der Waals surface area contributed by atoms with Crippen LogP contribution in [0.3, 0.4) is 0 Å². The number of aliphatic carboxylic acids is 1. The first-order chi connectivity index (χ1) is 8.64. The third-order valence-electron chi connectivity index (χ3n) is 3.80. The molecule has 1 aromatic carbocycles. The molecule has 1 aliphatic carbocycles. The molecule has 1 fully saturated rings. The molecule has 0 atom stereocenters. The van der Waals surface area contributed by atoms with Crippen molar-refractivity contribution in [3.8, 4) is 11.5 Å². The van der Waals surface area contributed by atoms with Crippen LogP contribution in [-0.4, -0.2) is 25.3 Å². The smallest absolute Gasteiger partial charge is 0.314 e. The number of rotatable bonds is 4. The highest BCUT2D eigenvalue weighted by Crippen LogP contribution is 2.43. The minimum atomic E-state index is -0.750. The van der Waals surface area contributed by atoms with Crippen molar-refractivity contribution in [1.82, 2.24) is 0 Å². The number of carboxylic acid groups (broad SMARTS) is 1. The molecule has 1 N–H and O–H groups in total. The summed E-state index contributed by atoms with van der Waals surface area (Å²) in [5.41, 5.74) is 0.0599. The third kappa shape index (κ3) is 1.92. The minimum Gasteiger partial charge on any atom is -0.493 e. The van der Waals surface area contributed by atoms with Crippen LogP contribution in [0.15, 0.2) is 18.2 Å². The van der Waals surface area contributed by atoms with Gasteiger partial charge in [0.25, 0.3) is 0 Å². The van der Waals surface area contributed by atoms with Crippen molar-refractivity contribution in [2.24, 2.45) is 0 Å². The number of benzene rings is 1. The highest BCUT2D eigenvalue weighted by atomic mass is 16.5. The van der Waals surface area contributed by atoms with E-state index in [-0.39, 0.29) is 0 Å². The number of hydrogen-bond acceptors (Lipinski definition) is 3. The molecule has 2 rings (SSSR count). The molecule has 98 valence electrons. The first kappa shape index (κ1) is 12.7. The Hall–Kier alpha value is -1.71. The molecule has 0 aliphatic heterocycles. The SMILES string of the molecule is COc1ccc(C2(C(=O)O)CCCC2)cc1OC. The monoisotopic (exact) mass is 250 g/mol. The lowest BCUT2D eigenvalue weighted by molar-refractivity contribution is -0.143. The zero-order valence-electron chi connectivity index (χ0n) is 10.7. The average Bonchev–Trinajstić information content (AvgIpc) is 2.88. The molecule has 0 unspecified atom stereocenters. The van der Waals surface area contributed by atoms with Crippen molar-refractivity contribution in [2.75, 3.05) is 14.2 Å². The number of carboxylic acids is 1. The molecule has 4 heteroatoms. The zero-order chi connectivity index (χ0) is 13.2. The molecule has 18 heavy (non-hydrogen) atoms. The zero-order valence-corrected chi connectivity index (χ0v) is 10.7. The van der Waals surface area contributed by atoms with Crippen LogP contribution in [0.1, 0.15) is 31.2 Å². The molecule has 0 spiro atoms. The summed E-state index contributed by atoms with van der Waals surface area (Å²) >= 11 is 0. The van der Waals surface area contributed by atoms with Crippen LogP contribution in [-0.2, 0) is 10.2 Å². The van der Waals surface area contributed by atoms with Crippen LogP contribution >= 0.6 is 0 Å². The fourth-order valence-electron chi connectivity index (χ4n) is 2.74. The molecule has 1 aliphatic rings. The van der Waals surface area contributed by atoms with Crippen LogP contribution in [0.2, 0.25) is 0 Å². The van der Waals surface area contributed by atoms with Crippen LogP contribution < -0.4 is 9.47 Å². The van der Waals surface area contributed by atoms with E-state index in [0.29, 0.717) is 24.3 Å². The highest BCUT2D eigenvalue weighted by molar-refractivity contribution is 5.82. The van der Waals surface area contributed by atoms with Gasteiger partial charge in [0.05, 0.1) is 19.6 Å². The third-order valence-corrected chi connectivity index (χ3v) is 3.80. The fourth-order valence-corrected chi connectivity index (χ4v) is 2.74. The number of hydrogen-bond donors (Lipinski definition) is 1. The maximum atomic E-state index is 11.6. The molecule has 0 bridgehead atoms. The quantitative estimate of drug-likeness (QED) is 0.892. The Morgan fingerprint density at radius 3 is 2.28 bits per heavy atom. The van der Waals surface area contributed by atoms with E-state index in [0.717, 1.165) is 18.4 Å². The largest absolute Gasteiger partial charge is 0.493 e. The van der Waals surface area contributed by atoms with Gasteiger partial charge in [-0.05, 0) is 30.5 Å². The molecule has 0 saturated heterocycles. The Morgan fingerprint density at radius 1 is 1.17 bits per heavy atom. The summed E-state index contributed by atoms with van der Waals surface area (Å²) in [5, 5.41) is 9.54. The highest BCUT2D eigenvalue weighted by Gasteiger charge is 2.43. The van der Waals surface area contributed by atoms with Crippen LogP contribution in [0, 0.1) is 0 Å². The molecule has 1 saturated carbocycles. The van der Waals surface area contributed by atoms with Gasteiger partial charge in [-0.1, -0.05) is 18.9 Å². The van der Waals surface area contributed by atoms with Crippen LogP contribution in [0.25, 0.3) is 0 Å². The molecule has 0 aromatic heterocycles. The Kier molecular flexibility index (Phi) is 3.45. The van der Waals surface area contributed by atoms with Crippen molar-refractivity contribution in [1.29, 1.82) is 0 Å². The van der Waals surface area contributed by atoms with Gasteiger partial charge in [-0.2, -0.15) is 0 Å². The number of carbonyl (C=O) groups is 1. The van der Waals surface area contributed by atoms with Gasteiger partial charge in [0.2, 0.25) is 0 Å². The lowest BCUT2D eigenvalue weighted by Crippen LogP contribution is -2.32. The molecule has 1 aromatic rings. The van der Waals surface area contributed by atoms with E-state index in [1.54, 1.807) is 26.4 Å². The second-order valence-electron chi connectivity index (χ2n) is 4.66. The lowest BCUT2D eigenvalue weighted by atomic mass is 9.79. The van der Waals surface area contributed by atoms with Crippen molar-refractivity contribution < 1.29 is 19.4 Å². The van der Waals surface area contributed by atoms with Gasteiger partial charge in [0.1, 0.15) is 0 Å². The fraction of sp³-hybridized carbons (Fsp3) is 0.500. The second-order valence-corrected chi connectivity index (χ2v) is 4.66. The number of methoxy groups -OCH3 is 2. The van der Waals surface area contributed by atoms with Gasteiger partial charge in [-0.3, -0.25) is 4.79 Å². The molecular weight excluding hydrogens is 232 g/mol. The predicted molar refractivity (Wildman–Crippen MR) is 67.3 cm³/mol. The van der Waals surface area contributed by atoms with Gasteiger partial charge in [0.15, 0.2) is 11.5 Å². The van der Waals surface area contributed by atoms with E-state index in [1.807, 2.05) is 6.07 Å². The van der Waals surface area contributed by atoms with Gasteiger partial charge in [-0.25, -0.2) is 0 Å². The maximum Gasteiger partial charge on any atom is 0.314 e. The van der Waals surface area contributed by atoms with Gasteiger partial charge in [0, 0.05) is 0 Å². The summed E-state index contributed by atoms with van der Waals surface area (Å²) in [6, 6.07) is 5.40. The van der Waals surface area contributed by atoms with E-state index in [4.69, 9.17) is 9.47 Å². The van der Waals surface area contributed by atoms with Crippen molar-refractivity contribution in [3.63, 3.8) is 0 Å². The summed E-state index contributed by atoms with van der Waals surface area (Å²) < 4.78 is 10.4. The Morgan fingerprint density at radius 2 is 1.78 bits per heavy atom. The lowest BCUT2D eigenvalue weighted by Gasteiger charge is -2.25. The Balaban J connectivity index is 2.46. The molecular formula is C14H18O4. The number of ether oxygens (including phenoxy) is 2. The van der Waals surface area contributed by atoms with Crippen molar-refractivity contribution in [3.05, 3.63) is 23.8 Å². The average molecular weight is 250 g/mol. The van der Waals surface area contributed by atoms with Crippen molar-refractivity contribution in [2.45, 2.75) is 31.1 Å². The van der Waals surface area contributed by atoms with Crippen LogP contribution in [0.4, 0.5) is 0 Å². The first-order valence-corrected chi connectivity index (χ1v) is 6.10. The molecule has 0 amide bonds. The summed E-state index contributed by atoms with van der Waals surface area (Å²) in [5.74, 6) is 0.467. The van der Waals surface area contributed by atoms with Crippen LogP contribution in [0.5, 0.6) is 11.5 Å². The molecule has 0 radical (unpaired) electrons. The van der Waals surface area contributed by atoms with E-state index >= 15 is 0 Å². The maximum absolute atomic E-state index is 11.6. The summed E-state index contributed by atoms with van der Waals surface area (Å²) in [7, 11) is 3.13.